The Morgan fingerprint density at radius 3 is 2.95 bits per heavy atom. The average molecular weight is 262 g/mol. The standard InChI is InChI=1S/C15H18O4/c1-6-8-4-9-7(2)11(16)12-13(19-12)15(9,3)5-10(8)18-14(6)17/h8,10-13,16H,1,4-5H2,2-3H3/t8-,10-,11+,12+,13+,15-/m1/s1. The predicted octanol–water partition coefficient (Wildman–Crippen LogP) is 1.34. The minimum Gasteiger partial charge on any atom is -0.458 e. The number of carbonyl (C=O) groups excluding carboxylic acids is 1. The molecular weight excluding hydrogens is 244 g/mol. The third-order valence-corrected chi connectivity index (χ3v) is 5.54. The van der Waals surface area contributed by atoms with Crippen LogP contribution in [-0.2, 0) is 14.3 Å². The maximum atomic E-state index is 11.7. The molecule has 2 aliphatic heterocycles. The van der Waals surface area contributed by atoms with Gasteiger partial charge in [-0.3, -0.25) is 0 Å². The Labute approximate surface area is 112 Å². The van der Waals surface area contributed by atoms with Crippen LogP contribution in [0.5, 0.6) is 0 Å². The van der Waals surface area contributed by atoms with E-state index in [1.165, 1.54) is 5.57 Å². The highest BCUT2D eigenvalue weighted by Crippen LogP contribution is 2.60. The fraction of sp³-hybridized carbons (Fsp3) is 0.667. The van der Waals surface area contributed by atoms with Crippen LogP contribution in [0.4, 0.5) is 0 Å². The van der Waals surface area contributed by atoms with Gasteiger partial charge in [-0.2, -0.15) is 0 Å². The largest absolute Gasteiger partial charge is 0.458 e. The molecule has 1 N–H and O–H groups in total. The van der Waals surface area contributed by atoms with Crippen LogP contribution < -0.4 is 0 Å². The molecule has 0 radical (unpaired) electrons. The van der Waals surface area contributed by atoms with Crippen LogP contribution in [0.15, 0.2) is 23.3 Å². The lowest BCUT2D eigenvalue weighted by atomic mass is 9.60. The van der Waals surface area contributed by atoms with Crippen LogP contribution in [0, 0.1) is 11.3 Å². The normalized spacial score (nSPS) is 51.4. The Morgan fingerprint density at radius 1 is 1.47 bits per heavy atom. The van der Waals surface area contributed by atoms with Crippen LogP contribution in [0.2, 0.25) is 0 Å². The van der Waals surface area contributed by atoms with E-state index in [4.69, 9.17) is 9.47 Å². The van der Waals surface area contributed by atoms with Crippen molar-refractivity contribution in [3.05, 3.63) is 23.3 Å². The van der Waals surface area contributed by atoms with Gasteiger partial charge in [0.2, 0.25) is 0 Å². The average Bonchev–Trinajstić information content (AvgIpc) is 3.12. The molecule has 2 heterocycles. The number of ether oxygens (including phenoxy) is 2. The Kier molecular flexibility index (Phi) is 2.03. The summed E-state index contributed by atoms with van der Waals surface area (Å²) in [6, 6.07) is 0. The molecule has 4 rings (SSSR count). The van der Waals surface area contributed by atoms with Crippen molar-refractivity contribution in [3.63, 3.8) is 0 Å². The van der Waals surface area contributed by atoms with E-state index in [2.05, 4.69) is 13.5 Å². The first-order valence-electron chi connectivity index (χ1n) is 6.87. The van der Waals surface area contributed by atoms with Crippen molar-refractivity contribution in [2.24, 2.45) is 11.3 Å². The van der Waals surface area contributed by atoms with Gasteiger partial charge in [0.15, 0.2) is 0 Å². The quantitative estimate of drug-likeness (QED) is 0.310. The Morgan fingerprint density at radius 2 is 2.21 bits per heavy atom. The molecule has 0 amide bonds. The molecule has 6 atom stereocenters. The molecule has 4 nitrogen and oxygen atoms in total. The van der Waals surface area contributed by atoms with Crippen LogP contribution in [0.3, 0.4) is 0 Å². The van der Waals surface area contributed by atoms with Gasteiger partial charge in [-0.15, -0.1) is 0 Å². The number of esters is 1. The summed E-state index contributed by atoms with van der Waals surface area (Å²) in [6.45, 7) is 8.02. The third-order valence-electron chi connectivity index (χ3n) is 5.54. The molecule has 2 aliphatic carbocycles. The first-order valence-corrected chi connectivity index (χ1v) is 6.87. The molecule has 0 bridgehead atoms. The second-order valence-corrected chi connectivity index (χ2v) is 6.53. The number of fused-ring (bicyclic) bond motifs is 4. The molecule has 0 spiro atoms. The van der Waals surface area contributed by atoms with Crippen molar-refractivity contribution in [1.82, 2.24) is 0 Å². The van der Waals surface area contributed by atoms with Gasteiger partial charge in [0, 0.05) is 16.9 Å². The highest BCUT2D eigenvalue weighted by molar-refractivity contribution is 5.91. The lowest BCUT2D eigenvalue weighted by molar-refractivity contribution is -0.140. The molecule has 0 aromatic heterocycles. The summed E-state index contributed by atoms with van der Waals surface area (Å²) >= 11 is 0. The molecule has 102 valence electrons. The van der Waals surface area contributed by atoms with E-state index < -0.39 is 6.10 Å². The lowest BCUT2D eigenvalue weighted by Crippen LogP contribution is -2.45. The topological polar surface area (TPSA) is 59.1 Å². The number of hydrogen-bond donors (Lipinski definition) is 1. The minimum absolute atomic E-state index is 0.0643. The van der Waals surface area contributed by atoms with Gasteiger partial charge in [-0.25, -0.2) is 4.79 Å². The van der Waals surface area contributed by atoms with Gasteiger partial charge in [0.05, 0.1) is 6.10 Å². The van der Waals surface area contributed by atoms with Gasteiger partial charge in [0.25, 0.3) is 0 Å². The third kappa shape index (κ3) is 1.29. The van der Waals surface area contributed by atoms with Crippen LogP contribution in [0.1, 0.15) is 26.7 Å². The molecule has 4 heteroatoms. The van der Waals surface area contributed by atoms with Gasteiger partial charge in [-0.05, 0) is 25.3 Å². The predicted molar refractivity (Wildman–Crippen MR) is 67.2 cm³/mol. The van der Waals surface area contributed by atoms with Gasteiger partial charge in [-0.1, -0.05) is 19.1 Å². The van der Waals surface area contributed by atoms with Gasteiger partial charge < -0.3 is 14.6 Å². The number of aliphatic hydroxyl groups excluding tert-OH is 1. The molecular formula is C15H18O4. The van der Waals surface area contributed by atoms with E-state index in [1.54, 1.807) is 0 Å². The first-order chi connectivity index (χ1) is 8.93. The lowest BCUT2D eigenvalue weighted by Gasteiger charge is -2.44. The molecule has 19 heavy (non-hydrogen) atoms. The Balaban J connectivity index is 1.78. The second-order valence-electron chi connectivity index (χ2n) is 6.53. The number of carbonyl (C=O) groups is 1. The van der Waals surface area contributed by atoms with E-state index in [9.17, 15) is 9.90 Å². The van der Waals surface area contributed by atoms with Crippen LogP contribution in [0.25, 0.3) is 0 Å². The zero-order valence-corrected chi connectivity index (χ0v) is 11.2. The molecule has 1 saturated carbocycles. The van der Waals surface area contributed by atoms with E-state index >= 15 is 0 Å². The molecule has 0 unspecified atom stereocenters. The van der Waals surface area contributed by atoms with E-state index in [1.807, 2.05) is 6.92 Å². The number of epoxide rings is 1. The highest BCUT2D eigenvalue weighted by atomic mass is 16.6. The summed E-state index contributed by atoms with van der Waals surface area (Å²) in [5.74, 6) is -0.183. The molecule has 3 fully saturated rings. The van der Waals surface area contributed by atoms with Crippen molar-refractivity contribution in [3.8, 4) is 0 Å². The number of aliphatic hydroxyl groups is 1. The zero-order valence-electron chi connectivity index (χ0n) is 11.2. The minimum atomic E-state index is -0.490. The first kappa shape index (κ1) is 11.7. The van der Waals surface area contributed by atoms with Crippen LogP contribution >= 0.6 is 0 Å². The summed E-state index contributed by atoms with van der Waals surface area (Å²) in [4.78, 5) is 11.7. The number of rotatable bonds is 0. The second kappa shape index (κ2) is 3.30. The van der Waals surface area contributed by atoms with Crippen molar-refractivity contribution in [1.29, 1.82) is 0 Å². The maximum Gasteiger partial charge on any atom is 0.334 e. The monoisotopic (exact) mass is 262 g/mol. The summed E-state index contributed by atoms with van der Waals surface area (Å²) in [6.07, 6.45) is 1.00. The van der Waals surface area contributed by atoms with E-state index in [0.717, 1.165) is 18.4 Å². The SMILES string of the molecule is C=C1C(=O)O[C@@H]2C[C@]3(C)C(=C(C)[C@H](O)[C@@H]4O[C@@H]43)C[C@H]12. The molecule has 2 saturated heterocycles. The van der Waals surface area contributed by atoms with E-state index in [-0.39, 0.29) is 35.6 Å². The number of hydrogen-bond acceptors (Lipinski definition) is 4. The fourth-order valence-corrected chi connectivity index (χ4v) is 4.30. The maximum absolute atomic E-state index is 11.7. The summed E-state index contributed by atoms with van der Waals surface area (Å²) in [5, 5.41) is 10.2. The van der Waals surface area contributed by atoms with Crippen molar-refractivity contribution in [2.45, 2.75) is 51.1 Å². The highest BCUT2D eigenvalue weighted by Gasteiger charge is 2.64. The van der Waals surface area contributed by atoms with Crippen molar-refractivity contribution in [2.75, 3.05) is 0 Å². The summed E-state index contributed by atoms with van der Waals surface area (Å²) < 4.78 is 11.1. The molecule has 0 aromatic rings. The van der Waals surface area contributed by atoms with Crippen molar-refractivity contribution < 1.29 is 19.4 Å². The smallest absolute Gasteiger partial charge is 0.334 e. The van der Waals surface area contributed by atoms with Gasteiger partial charge in [0.1, 0.15) is 18.3 Å². The zero-order chi connectivity index (χ0) is 13.5. The Bertz CT molecular complexity index is 534. The Hall–Kier alpha value is -1.13. The molecule has 4 aliphatic rings. The van der Waals surface area contributed by atoms with Crippen LogP contribution in [-0.4, -0.2) is 35.5 Å². The van der Waals surface area contributed by atoms with Gasteiger partial charge >= 0.3 is 5.97 Å². The molecule has 0 aromatic carbocycles. The fourth-order valence-electron chi connectivity index (χ4n) is 4.30. The summed E-state index contributed by atoms with van der Waals surface area (Å²) in [5.41, 5.74) is 2.76. The summed E-state index contributed by atoms with van der Waals surface area (Å²) in [7, 11) is 0. The van der Waals surface area contributed by atoms with E-state index in [0.29, 0.717) is 5.57 Å². The van der Waals surface area contributed by atoms with Crippen molar-refractivity contribution >= 4 is 5.97 Å².